The maximum atomic E-state index is 13.4. The number of carbonyl (C=O) groups excluding carboxylic acids is 1. The number of methoxy groups -OCH3 is 3. The molecule has 3 aromatic carbocycles. The normalized spacial score (nSPS) is 11.5. The van der Waals surface area contributed by atoms with Gasteiger partial charge in [-0.15, -0.1) is 0 Å². The Morgan fingerprint density at radius 3 is 2.33 bits per heavy atom. The van der Waals surface area contributed by atoms with Crippen LogP contribution in [0.3, 0.4) is 0 Å². The predicted molar refractivity (Wildman–Crippen MR) is 136 cm³/mol. The highest BCUT2D eigenvalue weighted by atomic mass is 19.4. The highest BCUT2D eigenvalue weighted by Gasteiger charge is 2.31. The molecule has 0 saturated heterocycles. The molecule has 39 heavy (non-hydrogen) atoms. The van der Waals surface area contributed by atoms with E-state index in [1.54, 1.807) is 24.3 Å². The van der Waals surface area contributed by atoms with Crippen molar-refractivity contribution >= 4 is 23.1 Å². The maximum absolute atomic E-state index is 13.4. The Balaban J connectivity index is 1.84. The lowest BCUT2D eigenvalue weighted by Crippen LogP contribution is -2.20. The van der Waals surface area contributed by atoms with Gasteiger partial charge in [0.15, 0.2) is 23.9 Å². The number of ether oxygens (including phenoxy) is 4. The van der Waals surface area contributed by atoms with Gasteiger partial charge in [0.25, 0.3) is 5.56 Å². The Kier molecular flexibility index (Phi) is 7.84. The molecule has 0 aliphatic heterocycles. The van der Waals surface area contributed by atoms with Gasteiger partial charge < -0.3 is 18.9 Å². The number of aromatic nitrogens is 2. The first-order chi connectivity index (χ1) is 18.7. The number of alkyl halides is 3. The van der Waals surface area contributed by atoms with Crippen LogP contribution in [-0.2, 0) is 15.7 Å². The third-order valence-corrected chi connectivity index (χ3v) is 5.57. The van der Waals surface area contributed by atoms with Gasteiger partial charge in [-0.2, -0.15) is 22.9 Å². The molecule has 0 radical (unpaired) electrons. The molecule has 0 amide bonds. The maximum Gasteiger partial charge on any atom is 0.416 e. The summed E-state index contributed by atoms with van der Waals surface area (Å²) in [4.78, 5) is 29.3. The highest BCUT2D eigenvalue weighted by molar-refractivity contribution is 5.84. The molecule has 0 unspecified atom stereocenters. The van der Waals surface area contributed by atoms with Crippen LogP contribution in [0.5, 0.6) is 17.2 Å². The summed E-state index contributed by atoms with van der Waals surface area (Å²) in [6.45, 7) is -0.394. The quantitative estimate of drug-likeness (QED) is 0.239. The molecule has 4 rings (SSSR count). The van der Waals surface area contributed by atoms with E-state index < -0.39 is 29.9 Å². The predicted octanol–water partition coefficient (Wildman–Crippen LogP) is 4.53. The summed E-state index contributed by atoms with van der Waals surface area (Å²) in [5, 5.41) is 4.50. The average molecular weight is 541 g/mol. The smallest absolute Gasteiger partial charge is 0.416 e. The molecule has 1 aromatic heterocycles. The lowest BCUT2D eigenvalue weighted by atomic mass is 10.1. The van der Waals surface area contributed by atoms with E-state index in [1.807, 2.05) is 0 Å². The fourth-order valence-corrected chi connectivity index (χ4v) is 3.68. The van der Waals surface area contributed by atoms with Crippen LogP contribution in [0.1, 0.15) is 11.1 Å². The molecule has 0 aliphatic carbocycles. The van der Waals surface area contributed by atoms with Gasteiger partial charge >= 0.3 is 12.1 Å². The Bertz CT molecular complexity index is 1590. The first kappa shape index (κ1) is 27.2. The van der Waals surface area contributed by atoms with E-state index in [1.165, 1.54) is 51.8 Å². The topological polar surface area (TPSA) is 101 Å². The molecule has 0 N–H and O–H groups in total. The largest absolute Gasteiger partial charge is 0.493 e. The van der Waals surface area contributed by atoms with Crippen molar-refractivity contribution in [3.05, 3.63) is 82.1 Å². The Morgan fingerprint density at radius 2 is 1.69 bits per heavy atom. The molecule has 1 heterocycles. The molecular weight excluding hydrogens is 519 g/mol. The highest BCUT2D eigenvalue weighted by Crippen LogP contribution is 2.38. The van der Waals surface area contributed by atoms with Crippen molar-refractivity contribution in [1.29, 1.82) is 0 Å². The van der Waals surface area contributed by atoms with Gasteiger partial charge in [0, 0.05) is 11.1 Å². The van der Waals surface area contributed by atoms with Crippen LogP contribution in [0.25, 0.3) is 22.3 Å². The van der Waals surface area contributed by atoms with Gasteiger partial charge in [0.1, 0.15) is 0 Å². The van der Waals surface area contributed by atoms with E-state index in [0.29, 0.717) is 11.1 Å². The van der Waals surface area contributed by atoms with Gasteiger partial charge in [0.05, 0.1) is 44.0 Å². The number of benzene rings is 3. The molecule has 0 saturated carbocycles. The zero-order chi connectivity index (χ0) is 28.2. The summed E-state index contributed by atoms with van der Waals surface area (Å²) < 4.78 is 61.9. The molecule has 0 bridgehead atoms. The van der Waals surface area contributed by atoms with Crippen molar-refractivity contribution < 1.29 is 36.9 Å². The number of hydrogen-bond acceptors (Lipinski definition) is 8. The second-order valence-corrected chi connectivity index (χ2v) is 8.01. The molecular formula is C27H22F3N3O6. The summed E-state index contributed by atoms with van der Waals surface area (Å²) in [6.07, 6.45) is -3.30. The second kappa shape index (κ2) is 11.3. The van der Waals surface area contributed by atoms with Gasteiger partial charge in [-0.1, -0.05) is 24.3 Å². The monoisotopic (exact) mass is 541 g/mol. The Hall–Kier alpha value is -4.87. The van der Waals surface area contributed by atoms with Crippen LogP contribution >= 0.6 is 0 Å². The van der Waals surface area contributed by atoms with Gasteiger partial charge in [-0.25, -0.2) is 9.78 Å². The van der Waals surface area contributed by atoms with E-state index in [-0.39, 0.29) is 34.0 Å². The molecule has 0 aliphatic rings. The van der Waals surface area contributed by atoms with Crippen LogP contribution in [-0.4, -0.2) is 49.8 Å². The number of fused-ring (bicyclic) bond motifs is 1. The van der Waals surface area contributed by atoms with E-state index >= 15 is 0 Å². The summed E-state index contributed by atoms with van der Waals surface area (Å²) in [5.41, 5.74) is -0.733. The van der Waals surface area contributed by atoms with Crippen LogP contribution < -0.4 is 19.8 Å². The molecule has 0 fully saturated rings. The van der Waals surface area contributed by atoms with E-state index in [2.05, 4.69) is 14.8 Å². The molecule has 4 aromatic rings. The number of para-hydroxylation sites is 1. The van der Waals surface area contributed by atoms with Gasteiger partial charge in [0.2, 0.25) is 5.75 Å². The number of carbonyl (C=O) groups is 1. The minimum Gasteiger partial charge on any atom is -0.493 e. The summed E-state index contributed by atoms with van der Waals surface area (Å²) in [6, 6.07) is 14.0. The molecule has 9 nitrogen and oxygen atoms in total. The zero-order valence-corrected chi connectivity index (χ0v) is 21.0. The van der Waals surface area contributed by atoms with Gasteiger partial charge in [-0.05, 0) is 36.4 Å². The van der Waals surface area contributed by atoms with E-state index in [4.69, 9.17) is 14.2 Å². The number of rotatable bonds is 8. The van der Waals surface area contributed by atoms with Crippen molar-refractivity contribution in [3.8, 4) is 28.6 Å². The average Bonchev–Trinajstić information content (AvgIpc) is 2.94. The lowest BCUT2D eigenvalue weighted by molar-refractivity contribution is -0.143. The fraction of sp³-hybridized carbons (Fsp3) is 0.185. The first-order valence-electron chi connectivity index (χ1n) is 11.4. The van der Waals surface area contributed by atoms with Crippen LogP contribution in [0, 0.1) is 0 Å². The number of hydrogen-bond donors (Lipinski definition) is 0. The number of nitrogens with zero attached hydrogens (tertiary/aromatic N) is 3. The zero-order valence-electron chi connectivity index (χ0n) is 21.0. The van der Waals surface area contributed by atoms with E-state index in [9.17, 15) is 22.8 Å². The minimum atomic E-state index is -4.59. The molecule has 0 atom stereocenters. The van der Waals surface area contributed by atoms with Crippen molar-refractivity contribution in [2.75, 3.05) is 27.9 Å². The van der Waals surface area contributed by atoms with Crippen molar-refractivity contribution in [2.45, 2.75) is 6.18 Å². The SMILES string of the molecule is COC(=O)COc1c(OC)cc(C=Nn2c(-c3cccc(C(F)(F)F)c3)nc3ccccc3c2=O)cc1OC. The van der Waals surface area contributed by atoms with Crippen molar-refractivity contribution in [1.82, 2.24) is 9.66 Å². The third kappa shape index (κ3) is 5.84. The number of halogens is 3. The summed E-state index contributed by atoms with van der Waals surface area (Å²) >= 11 is 0. The fourth-order valence-electron chi connectivity index (χ4n) is 3.68. The van der Waals surface area contributed by atoms with Crippen LogP contribution in [0.4, 0.5) is 13.2 Å². The van der Waals surface area contributed by atoms with E-state index in [0.717, 1.165) is 16.8 Å². The summed E-state index contributed by atoms with van der Waals surface area (Å²) in [7, 11) is 3.98. The first-order valence-corrected chi connectivity index (χ1v) is 11.4. The Morgan fingerprint density at radius 1 is 1.00 bits per heavy atom. The Labute approximate surface area is 220 Å². The minimum absolute atomic E-state index is 0.0477. The van der Waals surface area contributed by atoms with Crippen LogP contribution in [0.15, 0.2) is 70.6 Å². The summed E-state index contributed by atoms with van der Waals surface area (Å²) in [5.74, 6) is -0.173. The second-order valence-electron chi connectivity index (χ2n) is 8.01. The lowest BCUT2D eigenvalue weighted by Gasteiger charge is -2.15. The van der Waals surface area contributed by atoms with Crippen LogP contribution in [0.2, 0.25) is 0 Å². The standard InChI is InChI=1S/C27H22F3N3O6/c1-36-21-11-16(12-22(37-2)24(21)39-15-23(34)38-3)14-31-33-25(17-7-6-8-18(13-17)27(28,29)30)32-20-10-5-4-9-19(20)26(33)35/h4-14H,15H2,1-3H3. The molecule has 202 valence electrons. The third-order valence-electron chi connectivity index (χ3n) is 5.57. The van der Waals surface area contributed by atoms with Crippen molar-refractivity contribution in [2.24, 2.45) is 5.10 Å². The molecule has 0 spiro atoms. The molecule has 12 heteroatoms. The van der Waals surface area contributed by atoms with Gasteiger partial charge in [-0.3, -0.25) is 4.79 Å². The number of esters is 1. The van der Waals surface area contributed by atoms with Crippen molar-refractivity contribution in [3.63, 3.8) is 0 Å².